The molecule has 1 aromatic carbocycles. The van der Waals surface area contributed by atoms with Crippen LogP contribution >= 0.6 is 0 Å². The number of nitrogens with two attached hydrogens (primary N) is 1. The van der Waals surface area contributed by atoms with Crippen molar-refractivity contribution in [3.8, 4) is 11.5 Å². The lowest BCUT2D eigenvalue weighted by molar-refractivity contribution is 0.273. The van der Waals surface area contributed by atoms with Gasteiger partial charge in [-0.3, -0.25) is 0 Å². The van der Waals surface area contributed by atoms with Gasteiger partial charge in [-0.2, -0.15) is 5.90 Å². The molecule has 4 heteroatoms. The Morgan fingerprint density at radius 3 is 2.73 bits per heavy atom. The molecule has 0 aliphatic carbocycles. The molecular formula is C7H9NO3. The van der Waals surface area contributed by atoms with E-state index in [1.807, 2.05) is 0 Å². The van der Waals surface area contributed by atoms with Gasteiger partial charge in [0.25, 0.3) is 0 Å². The topological polar surface area (TPSA) is 75.7 Å². The summed E-state index contributed by atoms with van der Waals surface area (Å²) in [4.78, 5) is 4.39. The standard InChI is InChI=1S/C7H9NO3/c8-11-6-1-2-7(10)5(3-6)4-9/h1-3,9-10H,4,8H2. The predicted octanol–water partition coefficient (Wildman–Crippen LogP) is 0.137. The fourth-order valence-electron chi connectivity index (χ4n) is 0.762. The molecule has 11 heavy (non-hydrogen) atoms. The van der Waals surface area contributed by atoms with Crippen LogP contribution in [0.3, 0.4) is 0 Å². The first-order chi connectivity index (χ1) is 5.27. The maximum atomic E-state index is 9.07. The number of aliphatic hydroxyl groups is 1. The molecule has 0 amide bonds. The van der Waals surface area contributed by atoms with Crippen LogP contribution in [0.15, 0.2) is 18.2 Å². The van der Waals surface area contributed by atoms with Crippen LogP contribution in [0.4, 0.5) is 0 Å². The van der Waals surface area contributed by atoms with Crippen molar-refractivity contribution in [1.82, 2.24) is 0 Å². The third-order valence-electron chi connectivity index (χ3n) is 1.36. The second-order valence-electron chi connectivity index (χ2n) is 2.07. The summed E-state index contributed by atoms with van der Waals surface area (Å²) in [6.07, 6.45) is 0. The maximum Gasteiger partial charge on any atom is 0.147 e. The van der Waals surface area contributed by atoms with Crippen molar-refractivity contribution < 1.29 is 15.1 Å². The van der Waals surface area contributed by atoms with Crippen LogP contribution in [0, 0.1) is 0 Å². The van der Waals surface area contributed by atoms with Gasteiger partial charge in [0.05, 0.1) is 6.61 Å². The Morgan fingerprint density at radius 2 is 2.18 bits per heavy atom. The van der Waals surface area contributed by atoms with E-state index in [0.29, 0.717) is 11.3 Å². The summed E-state index contributed by atoms with van der Waals surface area (Å²) in [5, 5.41) is 17.8. The van der Waals surface area contributed by atoms with E-state index in [9.17, 15) is 0 Å². The van der Waals surface area contributed by atoms with Crippen LogP contribution in [0.2, 0.25) is 0 Å². The first-order valence-corrected chi connectivity index (χ1v) is 3.07. The number of hydrogen-bond donors (Lipinski definition) is 3. The summed E-state index contributed by atoms with van der Waals surface area (Å²) in [6, 6.07) is 4.39. The highest BCUT2D eigenvalue weighted by atomic mass is 16.6. The Morgan fingerprint density at radius 1 is 1.45 bits per heavy atom. The maximum absolute atomic E-state index is 9.07. The molecular weight excluding hydrogens is 146 g/mol. The molecule has 0 saturated heterocycles. The molecule has 0 saturated carbocycles. The molecule has 0 atom stereocenters. The van der Waals surface area contributed by atoms with Gasteiger partial charge in [0.2, 0.25) is 0 Å². The van der Waals surface area contributed by atoms with Crippen LogP contribution < -0.4 is 10.7 Å². The van der Waals surface area contributed by atoms with Crippen molar-refractivity contribution in [3.05, 3.63) is 23.8 Å². The summed E-state index contributed by atoms with van der Waals surface area (Å²) >= 11 is 0. The van der Waals surface area contributed by atoms with Crippen molar-refractivity contribution in [3.63, 3.8) is 0 Å². The molecule has 0 unspecified atom stereocenters. The highest BCUT2D eigenvalue weighted by Gasteiger charge is 2.00. The third kappa shape index (κ3) is 1.60. The molecule has 0 bridgehead atoms. The van der Waals surface area contributed by atoms with Crippen LogP contribution in [0.1, 0.15) is 5.56 Å². The number of phenols is 1. The molecule has 0 aromatic heterocycles. The second kappa shape index (κ2) is 3.23. The van der Waals surface area contributed by atoms with Gasteiger partial charge < -0.3 is 15.1 Å². The highest BCUT2D eigenvalue weighted by Crippen LogP contribution is 2.21. The molecule has 0 heterocycles. The first kappa shape index (κ1) is 7.84. The van der Waals surface area contributed by atoms with Crippen LogP contribution in [-0.4, -0.2) is 10.2 Å². The van der Waals surface area contributed by atoms with Gasteiger partial charge in [-0.25, -0.2) is 0 Å². The average molecular weight is 155 g/mol. The highest BCUT2D eigenvalue weighted by molar-refractivity contribution is 5.38. The molecule has 0 spiro atoms. The molecule has 0 aliphatic rings. The lowest BCUT2D eigenvalue weighted by atomic mass is 10.2. The minimum absolute atomic E-state index is 0.0355. The fraction of sp³-hybridized carbons (Fsp3) is 0.143. The van der Waals surface area contributed by atoms with E-state index in [0.717, 1.165) is 0 Å². The molecule has 0 aliphatic heterocycles. The smallest absolute Gasteiger partial charge is 0.147 e. The van der Waals surface area contributed by atoms with Gasteiger partial charge in [0, 0.05) is 5.56 Å². The minimum atomic E-state index is -0.233. The first-order valence-electron chi connectivity index (χ1n) is 3.07. The van der Waals surface area contributed by atoms with Gasteiger partial charge in [-0.05, 0) is 18.2 Å². The molecule has 1 aromatic rings. The lowest BCUT2D eigenvalue weighted by Gasteiger charge is -2.02. The molecule has 60 valence electrons. The van der Waals surface area contributed by atoms with Crippen molar-refractivity contribution in [1.29, 1.82) is 0 Å². The largest absolute Gasteiger partial charge is 0.508 e. The number of aliphatic hydroxyl groups excluding tert-OH is 1. The third-order valence-corrected chi connectivity index (χ3v) is 1.36. The zero-order valence-electron chi connectivity index (χ0n) is 5.82. The lowest BCUT2D eigenvalue weighted by Crippen LogP contribution is -2.01. The fourth-order valence-corrected chi connectivity index (χ4v) is 0.762. The summed E-state index contributed by atoms with van der Waals surface area (Å²) in [7, 11) is 0. The zero-order valence-corrected chi connectivity index (χ0v) is 5.82. The summed E-state index contributed by atoms with van der Waals surface area (Å²) < 4.78 is 0. The number of aromatic hydroxyl groups is 1. The molecule has 0 fully saturated rings. The Labute approximate surface area is 63.8 Å². The van der Waals surface area contributed by atoms with E-state index >= 15 is 0 Å². The number of rotatable bonds is 2. The summed E-state index contributed by atoms with van der Waals surface area (Å²) in [5.74, 6) is 5.30. The van der Waals surface area contributed by atoms with Crippen LogP contribution in [0.25, 0.3) is 0 Å². The van der Waals surface area contributed by atoms with E-state index in [4.69, 9.17) is 16.1 Å². The monoisotopic (exact) mass is 155 g/mol. The molecule has 4 N–H and O–H groups in total. The molecule has 1 rings (SSSR count). The van der Waals surface area contributed by atoms with Gasteiger partial charge in [-0.1, -0.05) is 0 Å². The predicted molar refractivity (Wildman–Crippen MR) is 38.8 cm³/mol. The molecule has 0 radical (unpaired) electrons. The second-order valence-corrected chi connectivity index (χ2v) is 2.07. The van der Waals surface area contributed by atoms with Gasteiger partial charge in [0.15, 0.2) is 0 Å². The van der Waals surface area contributed by atoms with E-state index in [1.54, 1.807) is 0 Å². The van der Waals surface area contributed by atoms with Gasteiger partial charge in [0.1, 0.15) is 11.5 Å². The number of benzene rings is 1. The quantitative estimate of drug-likeness (QED) is 0.531. The summed E-state index contributed by atoms with van der Waals surface area (Å²) in [6.45, 7) is -0.233. The van der Waals surface area contributed by atoms with Crippen LogP contribution in [-0.2, 0) is 6.61 Å². The van der Waals surface area contributed by atoms with E-state index in [2.05, 4.69) is 4.84 Å². The summed E-state index contributed by atoms with van der Waals surface area (Å²) in [5.41, 5.74) is 0.396. The minimum Gasteiger partial charge on any atom is -0.508 e. The molecule has 4 nitrogen and oxygen atoms in total. The van der Waals surface area contributed by atoms with Crippen molar-refractivity contribution in [2.24, 2.45) is 5.90 Å². The number of hydrogen-bond acceptors (Lipinski definition) is 4. The van der Waals surface area contributed by atoms with Crippen molar-refractivity contribution in [2.45, 2.75) is 6.61 Å². The Hall–Kier alpha value is -1.26. The van der Waals surface area contributed by atoms with E-state index in [1.165, 1.54) is 18.2 Å². The van der Waals surface area contributed by atoms with E-state index < -0.39 is 0 Å². The van der Waals surface area contributed by atoms with Crippen LogP contribution in [0.5, 0.6) is 11.5 Å². The van der Waals surface area contributed by atoms with Gasteiger partial charge in [-0.15, -0.1) is 0 Å². The zero-order chi connectivity index (χ0) is 8.27. The van der Waals surface area contributed by atoms with Gasteiger partial charge >= 0.3 is 0 Å². The SMILES string of the molecule is NOc1ccc(O)c(CO)c1. The van der Waals surface area contributed by atoms with Crippen molar-refractivity contribution in [2.75, 3.05) is 0 Å². The van der Waals surface area contributed by atoms with E-state index in [-0.39, 0.29) is 12.4 Å². The Balaban J connectivity index is 3.02. The normalized spacial score (nSPS) is 9.64. The van der Waals surface area contributed by atoms with Crippen molar-refractivity contribution >= 4 is 0 Å². The average Bonchev–Trinajstić information content (AvgIpc) is 2.05. The Bertz CT molecular complexity index is 249. The Kier molecular flexibility index (Phi) is 2.30.